The molecule has 0 unspecified atom stereocenters. The molecule has 0 saturated carbocycles. The largest absolute Gasteiger partial charge is 0.365 e. The summed E-state index contributed by atoms with van der Waals surface area (Å²) in [5.41, 5.74) is 7.36. The number of carbonyl (C=O) groups excluding carboxylic acids is 2. The number of benzene rings is 1. The van der Waals surface area contributed by atoms with Crippen molar-refractivity contribution in [3.05, 3.63) is 49.4 Å². The molecule has 1 aromatic heterocycles. The number of amides is 2. The summed E-state index contributed by atoms with van der Waals surface area (Å²) in [7, 11) is 0. The minimum atomic E-state index is -0.509. The van der Waals surface area contributed by atoms with Crippen LogP contribution in [0.1, 0.15) is 38.1 Å². The summed E-state index contributed by atoms with van der Waals surface area (Å²) in [6.45, 7) is 3.89. The Morgan fingerprint density at radius 3 is 2.58 bits per heavy atom. The Morgan fingerprint density at radius 2 is 2.00 bits per heavy atom. The minimum absolute atomic E-state index is 0.131. The van der Waals surface area contributed by atoms with Gasteiger partial charge in [-0.2, -0.15) is 0 Å². The number of hydrogen-bond donors (Lipinski definition) is 3. The summed E-state index contributed by atoms with van der Waals surface area (Å²) in [4.78, 5) is 25.0. The van der Waals surface area contributed by atoms with E-state index in [-0.39, 0.29) is 11.0 Å². The van der Waals surface area contributed by atoms with Gasteiger partial charge in [0.25, 0.3) is 11.8 Å². The van der Waals surface area contributed by atoms with Crippen molar-refractivity contribution in [3.63, 3.8) is 0 Å². The third kappa shape index (κ3) is 4.11. The lowest BCUT2D eigenvalue weighted by Gasteiger charge is -2.10. The first-order chi connectivity index (χ1) is 11.3. The predicted molar refractivity (Wildman–Crippen MR) is 110 cm³/mol. The molecule has 2 rings (SSSR count). The normalized spacial score (nSPS) is 10.3. The fraction of sp³-hybridized carbons (Fsp3) is 0.188. The Kier molecular flexibility index (Phi) is 6.30. The Balaban J connectivity index is 2.18. The molecule has 0 bridgehead atoms. The van der Waals surface area contributed by atoms with E-state index in [1.54, 1.807) is 12.1 Å². The minimum Gasteiger partial charge on any atom is -0.365 e. The number of aryl methyl sites for hydroxylation is 1. The Bertz CT molecular complexity index is 818. The third-order valence-electron chi connectivity index (χ3n) is 3.38. The maximum Gasteiger partial charge on any atom is 0.258 e. The molecule has 2 amide bonds. The van der Waals surface area contributed by atoms with Gasteiger partial charge in [0.2, 0.25) is 0 Å². The molecule has 0 aliphatic heterocycles. The van der Waals surface area contributed by atoms with Crippen LogP contribution in [0.5, 0.6) is 0 Å². The number of thiophene rings is 1. The molecule has 0 aliphatic rings. The van der Waals surface area contributed by atoms with E-state index in [1.807, 2.05) is 26.0 Å². The van der Waals surface area contributed by atoms with Crippen molar-refractivity contribution >= 4 is 68.1 Å². The summed E-state index contributed by atoms with van der Waals surface area (Å²) in [5.74, 6) is -0.812. The van der Waals surface area contributed by atoms with Gasteiger partial charge in [-0.3, -0.25) is 14.9 Å². The molecule has 5 nitrogen and oxygen atoms in total. The highest BCUT2D eigenvalue weighted by Crippen LogP contribution is 2.33. The van der Waals surface area contributed by atoms with Gasteiger partial charge in [0.05, 0.1) is 11.1 Å². The molecular formula is C16H16IN3O2S2. The molecule has 0 fully saturated rings. The fourth-order valence-corrected chi connectivity index (χ4v) is 4.35. The first-order valence-corrected chi connectivity index (χ1v) is 9.44. The number of rotatable bonds is 4. The fourth-order valence-electron chi connectivity index (χ4n) is 2.30. The van der Waals surface area contributed by atoms with E-state index in [9.17, 15) is 9.59 Å². The van der Waals surface area contributed by atoms with Gasteiger partial charge in [0.15, 0.2) is 5.11 Å². The van der Waals surface area contributed by atoms with E-state index in [4.69, 9.17) is 18.0 Å². The maximum atomic E-state index is 12.3. The van der Waals surface area contributed by atoms with Crippen molar-refractivity contribution in [2.75, 3.05) is 5.32 Å². The van der Waals surface area contributed by atoms with Crippen LogP contribution in [0, 0.1) is 10.5 Å². The Hall–Kier alpha value is -1.52. The molecule has 0 spiro atoms. The monoisotopic (exact) mass is 473 g/mol. The number of nitrogens with two attached hydrogens (primary N) is 1. The number of nitrogens with one attached hydrogen (secondary N) is 2. The Morgan fingerprint density at radius 1 is 1.33 bits per heavy atom. The van der Waals surface area contributed by atoms with E-state index in [1.165, 1.54) is 11.3 Å². The van der Waals surface area contributed by atoms with Crippen LogP contribution in [0.2, 0.25) is 0 Å². The van der Waals surface area contributed by atoms with Gasteiger partial charge in [0.1, 0.15) is 5.00 Å². The zero-order valence-electron chi connectivity index (χ0n) is 13.1. The molecule has 8 heteroatoms. The van der Waals surface area contributed by atoms with Crippen LogP contribution in [0.15, 0.2) is 24.3 Å². The number of hydrogen-bond acceptors (Lipinski definition) is 4. The van der Waals surface area contributed by atoms with Gasteiger partial charge < -0.3 is 11.1 Å². The molecule has 24 heavy (non-hydrogen) atoms. The highest BCUT2D eigenvalue weighted by molar-refractivity contribution is 14.1. The van der Waals surface area contributed by atoms with Crippen molar-refractivity contribution in [3.8, 4) is 0 Å². The van der Waals surface area contributed by atoms with Crippen molar-refractivity contribution in [1.29, 1.82) is 0 Å². The highest BCUT2D eigenvalue weighted by atomic mass is 127. The first kappa shape index (κ1) is 18.8. The Labute approximate surface area is 163 Å². The van der Waals surface area contributed by atoms with Crippen molar-refractivity contribution in [1.82, 2.24) is 5.32 Å². The zero-order valence-corrected chi connectivity index (χ0v) is 16.9. The van der Waals surface area contributed by atoms with Crippen LogP contribution >= 0.6 is 46.1 Å². The average Bonchev–Trinajstić information content (AvgIpc) is 2.82. The highest BCUT2D eigenvalue weighted by Gasteiger charge is 2.20. The molecule has 0 atom stereocenters. The van der Waals surface area contributed by atoms with Gasteiger partial charge in [-0.1, -0.05) is 19.1 Å². The molecule has 0 radical (unpaired) electrons. The van der Waals surface area contributed by atoms with Gasteiger partial charge in [0, 0.05) is 8.45 Å². The van der Waals surface area contributed by atoms with Gasteiger partial charge >= 0.3 is 0 Å². The molecule has 126 valence electrons. The molecule has 1 aromatic carbocycles. The van der Waals surface area contributed by atoms with Gasteiger partial charge in [-0.15, -0.1) is 11.3 Å². The predicted octanol–water partition coefficient (Wildman–Crippen LogP) is 3.45. The van der Waals surface area contributed by atoms with Crippen molar-refractivity contribution < 1.29 is 9.59 Å². The summed E-state index contributed by atoms with van der Waals surface area (Å²) < 4.78 is 0.827. The van der Waals surface area contributed by atoms with Crippen LogP contribution in [-0.4, -0.2) is 16.9 Å². The molecule has 4 N–H and O–H groups in total. The first-order valence-electron chi connectivity index (χ1n) is 7.14. The van der Waals surface area contributed by atoms with Gasteiger partial charge in [-0.05, 0) is 65.8 Å². The summed E-state index contributed by atoms with van der Waals surface area (Å²) >= 11 is 8.68. The van der Waals surface area contributed by atoms with Crippen LogP contribution in [-0.2, 0) is 6.42 Å². The van der Waals surface area contributed by atoms with E-state index in [0.717, 1.165) is 14.0 Å². The van der Waals surface area contributed by atoms with E-state index in [0.29, 0.717) is 22.5 Å². The second kappa shape index (κ2) is 8.04. The van der Waals surface area contributed by atoms with Crippen LogP contribution in [0.3, 0.4) is 0 Å². The van der Waals surface area contributed by atoms with Crippen LogP contribution in [0.4, 0.5) is 5.00 Å². The quantitative estimate of drug-likeness (QED) is 0.469. The van der Waals surface area contributed by atoms with Crippen LogP contribution in [0.25, 0.3) is 0 Å². The molecule has 2 aromatic rings. The number of primary amides is 1. The summed E-state index contributed by atoms with van der Waals surface area (Å²) in [6.07, 6.45) is 0.698. The van der Waals surface area contributed by atoms with Crippen molar-refractivity contribution in [2.45, 2.75) is 20.3 Å². The third-order valence-corrected chi connectivity index (χ3v) is 5.59. The average molecular weight is 473 g/mol. The summed E-state index contributed by atoms with van der Waals surface area (Å²) in [6, 6.07) is 7.20. The number of anilines is 1. The lowest BCUT2D eigenvalue weighted by molar-refractivity contribution is 0.0974. The lowest BCUT2D eigenvalue weighted by Crippen LogP contribution is -2.34. The van der Waals surface area contributed by atoms with Crippen molar-refractivity contribution in [2.24, 2.45) is 5.73 Å². The van der Waals surface area contributed by atoms with Crippen LogP contribution < -0.4 is 16.4 Å². The maximum absolute atomic E-state index is 12.3. The topological polar surface area (TPSA) is 84.2 Å². The molecule has 0 saturated heterocycles. The standard InChI is InChI=1S/C16H16IN3O2S2/c1-3-9-8(2)24-15(12(9)13(18)21)20-16(23)19-14(22)10-6-4-5-7-11(10)17/h4-7H,3H2,1-2H3,(H2,18,21)(H2,19,20,22,23). The van der Waals surface area contributed by atoms with E-state index >= 15 is 0 Å². The second-order valence-electron chi connectivity index (χ2n) is 4.95. The second-order valence-corrected chi connectivity index (χ2v) is 7.74. The molecular weight excluding hydrogens is 457 g/mol. The van der Waals surface area contributed by atoms with E-state index in [2.05, 4.69) is 33.2 Å². The van der Waals surface area contributed by atoms with E-state index < -0.39 is 5.91 Å². The number of halogens is 1. The number of carbonyl (C=O) groups is 2. The molecule has 1 heterocycles. The SMILES string of the molecule is CCc1c(C)sc(NC(=S)NC(=O)c2ccccc2I)c1C(N)=O. The lowest BCUT2D eigenvalue weighted by atomic mass is 10.1. The van der Waals surface area contributed by atoms with Gasteiger partial charge in [-0.25, -0.2) is 0 Å². The zero-order chi connectivity index (χ0) is 17.9. The molecule has 0 aliphatic carbocycles. The summed E-state index contributed by atoms with van der Waals surface area (Å²) in [5, 5.41) is 6.24. The number of thiocarbonyl (C=S) groups is 1. The smallest absolute Gasteiger partial charge is 0.258 e.